The zero-order valence-corrected chi connectivity index (χ0v) is 16.3. The van der Waals surface area contributed by atoms with E-state index >= 15 is 0 Å². The fourth-order valence-electron chi connectivity index (χ4n) is 5.60. The van der Waals surface area contributed by atoms with E-state index in [0.29, 0.717) is 24.0 Å². The lowest BCUT2D eigenvalue weighted by atomic mass is 9.45. The second-order valence-electron chi connectivity index (χ2n) is 8.88. The minimum absolute atomic E-state index is 0. The van der Waals surface area contributed by atoms with Crippen molar-refractivity contribution in [1.29, 1.82) is 0 Å². The van der Waals surface area contributed by atoms with Gasteiger partial charge in [-0.3, -0.25) is 4.79 Å². The average Bonchev–Trinajstić information content (AvgIpc) is 2.42. The Labute approximate surface area is 148 Å². The molecule has 0 aliphatic heterocycles. The van der Waals surface area contributed by atoms with E-state index in [0.717, 1.165) is 25.7 Å². The molecule has 2 saturated carbocycles. The van der Waals surface area contributed by atoms with Crippen LogP contribution in [0.2, 0.25) is 0 Å². The largest absolute Gasteiger partial charge is 0.393 e. The van der Waals surface area contributed by atoms with Crippen LogP contribution < -0.4 is 0 Å². The standard InChI is InChI=1S/C20H34O2.ClH/c1-7-13(2)12-15(21)18-14(3)8-9-16-19(4,5)11-10-17(22)20(16,18)6;/h7,13-14,16-18,22H,1,8-12H2,2-6H3;1H/t13-,14+,16+,17?,18-,20-;/m1./s1. The Morgan fingerprint density at radius 1 is 1.30 bits per heavy atom. The van der Waals surface area contributed by atoms with Crippen LogP contribution in [0.15, 0.2) is 12.7 Å². The molecule has 0 bridgehead atoms. The molecule has 0 aromatic carbocycles. The second kappa shape index (κ2) is 7.27. The maximum absolute atomic E-state index is 13.0. The fourth-order valence-corrected chi connectivity index (χ4v) is 5.60. The molecule has 23 heavy (non-hydrogen) atoms. The predicted octanol–water partition coefficient (Wildman–Crippen LogP) is 5.04. The van der Waals surface area contributed by atoms with E-state index in [4.69, 9.17) is 0 Å². The van der Waals surface area contributed by atoms with E-state index in [1.807, 2.05) is 6.08 Å². The van der Waals surface area contributed by atoms with E-state index in [9.17, 15) is 9.90 Å². The number of rotatable bonds is 4. The Hall–Kier alpha value is -0.340. The molecule has 0 aromatic heterocycles. The normalized spacial score (nSPS) is 40.4. The summed E-state index contributed by atoms with van der Waals surface area (Å²) in [6.45, 7) is 14.9. The Morgan fingerprint density at radius 3 is 2.48 bits per heavy atom. The summed E-state index contributed by atoms with van der Waals surface area (Å²) in [5, 5.41) is 10.9. The van der Waals surface area contributed by atoms with Crippen LogP contribution in [0.1, 0.15) is 66.7 Å². The van der Waals surface area contributed by atoms with E-state index in [1.54, 1.807) is 0 Å². The highest BCUT2D eigenvalue weighted by Crippen LogP contribution is 2.61. The molecule has 134 valence electrons. The third kappa shape index (κ3) is 3.54. The molecule has 2 fully saturated rings. The molecule has 2 aliphatic carbocycles. The van der Waals surface area contributed by atoms with Crippen LogP contribution in [-0.4, -0.2) is 17.0 Å². The van der Waals surface area contributed by atoms with Gasteiger partial charge in [-0.05, 0) is 48.9 Å². The molecule has 0 aromatic rings. The molecule has 1 unspecified atom stereocenters. The predicted molar refractivity (Wildman–Crippen MR) is 98.7 cm³/mol. The highest BCUT2D eigenvalue weighted by atomic mass is 35.5. The van der Waals surface area contributed by atoms with Gasteiger partial charge in [0.1, 0.15) is 5.78 Å². The smallest absolute Gasteiger partial charge is 0.137 e. The quantitative estimate of drug-likeness (QED) is 0.727. The minimum atomic E-state index is -0.346. The van der Waals surface area contributed by atoms with Crippen molar-refractivity contribution in [2.75, 3.05) is 0 Å². The first-order valence-corrected chi connectivity index (χ1v) is 8.98. The topological polar surface area (TPSA) is 37.3 Å². The van der Waals surface area contributed by atoms with Gasteiger partial charge in [-0.25, -0.2) is 0 Å². The van der Waals surface area contributed by atoms with Gasteiger partial charge in [0.05, 0.1) is 6.10 Å². The zero-order chi connectivity index (χ0) is 16.7. The van der Waals surface area contributed by atoms with Gasteiger partial charge in [0, 0.05) is 17.8 Å². The number of carbonyl (C=O) groups excluding carboxylic acids is 1. The Balaban J connectivity index is 0.00000264. The van der Waals surface area contributed by atoms with Crippen LogP contribution in [0, 0.1) is 34.5 Å². The number of Topliss-reactive ketones (excluding diaryl/α,β-unsaturated/α-hetero) is 1. The maximum Gasteiger partial charge on any atom is 0.137 e. The highest BCUT2D eigenvalue weighted by Gasteiger charge is 2.59. The first-order valence-electron chi connectivity index (χ1n) is 8.98. The molecule has 2 aliphatic rings. The number of aliphatic hydroxyl groups excluding tert-OH is 1. The summed E-state index contributed by atoms with van der Waals surface area (Å²) in [6.07, 6.45) is 6.22. The lowest BCUT2D eigenvalue weighted by Crippen LogP contribution is -2.59. The van der Waals surface area contributed by atoms with Gasteiger partial charge in [-0.15, -0.1) is 19.0 Å². The van der Waals surface area contributed by atoms with Crippen molar-refractivity contribution >= 4 is 18.2 Å². The number of halogens is 1. The van der Waals surface area contributed by atoms with Crippen molar-refractivity contribution in [3.8, 4) is 0 Å². The summed E-state index contributed by atoms with van der Waals surface area (Å²) in [5.41, 5.74) is -0.0475. The lowest BCUT2D eigenvalue weighted by Gasteiger charge is -2.60. The molecule has 2 rings (SSSR count). The zero-order valence-electron chi connectivity index (χ0n) is 15.5. The van der Waals surface area contributed by atoms with Gasteiger partial charge in [-0.2, -0.15) is 0 Å². The molecule has 1 N–H and O–H groups in total. The summed E-state index contributed by atoms with van der Waals surface area (Å²) in [6, 6.07) is 0. The van der Waals surface area contributed by atoms with Gasteiger partial charge >= 0.3 is 0 Å². The molecule has 6 atom stereocenters. The minimum Gasteiger partial charge on any atom is -0.393 e. The van der Waals surface area contributed by atoms with Crippen molar-refractivity contribution in [2.24, 2.45) is 34.5 Å². The van der Waals surface area contributed by atoms with E-state index < -0.39 is 0 Å². The SMILES string of the molecule is C=C[C@@H](C)CC(=O)[C@H]1[C@@H](C)CC[C@H]2C(C)(C)CCC(O)[C@]12C.Cl. The second-order valence-corrected chi connectivity index (χ2v) is 8.88. The van der Waals surface area contributed by atoms with Crippen LogP contribution in [-0.2, 0) is 4.79 Å². The number of carbonyl (C=O) groups is 1. The van der Waals surface area contributed by atoms with E-state index in [2.05, 4.69) is 41.2 Å². The molecule has 2 nitrogen and oxygen atoms in total. The van der Waals surface area contributed by atoms with Crippen molar-refractivity contribution in [1.82, 2.24) is 0 Å². The Kier molecular flexibility index (Phi) is 6.54. The van der Waals surface area contributed by atoms with Gasteiger partial charge in [0.25, 0.3) is 0 Å². The van der Waals surface area contributed by atoms with Gasteiger partial charge in [0.2, 0.25) is 0 Å². The molecule has 0 heterocycles. The summed E-state index contributed by atoms with van der Waals surface area (Å²) < 4.78 is 0. The number of aliphatic hydroxyl groups is 1. The lowest BCUT2D eigenvalue weighted by molar-refractivity contribution is -0.175. The summed E-state index contributed by atoms with van der Waals surface area (Å²) in [7, 11) is 0. The summed E-state index contributed by atoms with van der Waals surface area (Å²) >= 11 is 0. The number of ketones is 1. The van der Waals surface area contributed by atoms with Gasteiger partial charge < -0.3 is 5.11 Å². The highest BCUT2D eigenvalue weighted by molar-refractivity contribution is 5.85. The van der Waals surface area contributed by atoms with E-state index in [1.165, 1.54) is 0 Å². The van der Waals surface area contributed by atoms with Crippen molar-refractivity contribution < 1.29 is 9.90 Å². The number of fused-ring (bicyclic) bond motifs is 1. The first-order chi connectivity index (χ1) is 10.1. The molecular weight excluding hydrogens is 308 g/mol. The van der Waals surface area contributed by atoms with Crippen LogP contribution >= 0.6 is 12.4 Å². The van der Waals surface area contributed by atoms with Crippen molar-refractivity contribution in [3.63, 3.8) is 0 Å². The summed E-state index contributed by atoms with van der Waals surface area (Å²) in [5.74, 6) is 1.35. The van der Waals surface area contributed by atoms with E-state index in [-0.39, 0.29) is 41.2 Å². The third-order valence-corrected chi connectivity index (χ3v) is 6.90. The van der Waals surface area contributed by atoms with Gasteiger partial charge in [-0.1, -0.05) is 40.7 Å². The summed E-state index contributed by atoms with van der Waals surface area (Å²) in [4.78, 5) is 13.0. The average molecular weight is 343 g/mol. The van der Waals surface area contributed by atoms with Gasteiger partial charge in [0.15, 0.2) is 0 Å². The molecule has 3 heteroatoms. The number of hydrogen-bond acceptors (Lipinski definition) is 2. The fraction of sp³-hybridized carbons (Fsp3) is 0.850. The first kappa shape index (κ1) is 20.7. The van der Waals surface area contributed by atoms with Crippen LogP contribution in [0.4, 0.5) is 0 Å². The monoisotopic (exact) mass is 342 g/mol. The third-order valence-electron chi connectivity index (χ3n) is 6.90. The Morgan fingerprint density at radius 2 is 1.91 bits per heavy atom. The van der Waals surface area contributed by atoms with Crippen molar-refractivity contribution in [3.05, 3.63) is 12.7 Å². The molecule has 0 saturated heterocycles. The van der Waals surface area contributed by atoms with Crippen LogP contribution in [0.5, 0.6) is 0 Å². The van der Waals surface area contributed by atoms with Crippen LogP contribution in [0.25, 0.3) is 0 Å². The van der Waals surface area contributed by atoms with Crippen LogP contribution in [0.3, 0.4) is 0 Å². The molecule has 0 amide bonds. The number of allylic oxidation sites excluding steroid dienone is 1. The maximum atomic E-state index is 13.0. The Bertz CT molecular complexity index is 445. The molecule has 0 radical (unpaired) electrons. The number of hydrogen-bond donors (Lipinski definition) is 1. The van der Waals surface area contributed by atoms with Crippen molar-refractivity contribution in [2.45, 2.75) is 72.8 Å². The molecule has 0 spiro atoms. The molecular formula is C20H35ClO2.